The molecule has 2 rings (SSSR count). The van der Waals surface area contributed by atoms with Crippen LogP contribution >= 0.6 is 0 Å². The van der Waals surface area contributed by atoms with E-state index >= 15 is 0 Å². The van der Waals surface area contributed by atoms with Crippen LogP contribution in [-0.2, 0) is 0 Å². The molecule has 0 saturated carbocycles. The first-order chi connectivity index (χ1) is 6.68. The predicted octanol–water partition coefficient (Wildman–Crippen LogP) is 0.965. The number of anilines is 1. The number of rotatable bonds is 1. The van der Waals surface area contributed by atoms with Gasteiger partial charge in [0.15, 0.2) is 0 Å². The number of nitrogen functional groups attached to an aromatic ring is 1. The first-order valence-electron chi connectivity index (χ1n) is 4.54. The van der Waals surface area contributed by atoms with Crippen molar-refractivity contribution in [2.24, 2.45) is 0 Å². The molecule has 1 heterocycles. The minimum atomic E-state index is -0.0433. The summed E-state index contributed by atoms with van der Waals surface area (Å²) in [5.74, 6) is 0. The number of hydrogen-bond acceptors (Lipinski definition) is 2. The molecule has 14 heavy (non-hydrogen) atoms. The molecule has 2 amide bonds. The lowest BCUT2D eigenvalue weighted by Gasteiger charge is -2.11. The highest BCUT2D eigenvalue weighted by atomic mass is 16.2. The van der Waals surface area contributed by atoms with Gasteiger partial charge >= 0.3 is 6.03 Å². The van der Waals surface area contributed by atoms with Crippen LogP contribution < -0.4 is 11.1 Å². The molecule has 1 aromatic carbocycles. The Hall–Kier alpha value is -1.71. The van der Waals surface area contributed by atoms with Crippen LogP contribution in [0.25, 0.3) is 0 Å². The molecule has 0 aliphatic carbocycles. The molecule has 0 spiro atoms. The highest BCUT2D eigenvalue weighted by Crippen LogP contribution is 2.23. The highest BCUT2D eigenvalue weighted by molar-refractivity contribution is 5.77. The summed E-state index contributed by atoms with van der Waals surface area (Å²) in [5, 5.41) is 2.87. The van der Waals surface area contributed by atoms with Crippen LogP contribution in [0.15, 0.2) is 24.3 Å². The van der Waals surface area contributed by atoms with Crippen LogP contribution in [0.2, 0.25) is 0 Å². The van der Waals surface area contributed by atoms with Gasteiger partial charge in [0.2, 0.25) is 0 Å². The Morgan fingerprint density at radius 1 is 1.50 bits per heavy atom. The summed E-state index contributed by atoms with van der Waals surface area (Å²) in [4.78, 5) is 12.9. The number of benzene rings is 1. The molecular weight excluding hydrogens is 178 g/mol. The third-order valence-electron chi connectivity index (χ3n) is 2.47. The Morgan fingerprint density at radius 2 is 2.21 bits per heavy atom. The van der Waals surface area contributed by atoms with Crippen molar-refractivity contribution in [3.8, 4) is 0 Å². The number of para-hydroxylation sites is 1. The van der Waals surface area contributed by atoms with E-state index in [2.05, 4.69) is 5.32 Å². The van der Waals surface area contributed by atoms with Crippen molar-refractivity contribution in [2.45, 2.75) is 6.04 Å². The number of carbonyl (C=O) groups excluding carboxylic acids is 1. The molecule has 74 valence electrons. The molecule has 1 aliphatic heterocycles. The van der Waals surface area contributed by atoms with Gasteiger partial charge in [0.05, 0.1) is 6.04 Å². The van der Waals surface area contributed by atoms with Gasteiger partial charge in [0.25, 0.3) is 0 Å². The summed E-state index contributed by atoms with van der Waals surface area (Å²) in [6.45, 7) is 0.674. The van der Waals surface area contributed by atoms with Crippen molar-refractivity contribution in [3.63, 3.8) is 0 Å². The minimum Gasteiger partial charge on any atom is -0.398 e. The number of nitrogens with one attached hydrogen (secondary N) is 1. The molecule has 4 heteroatoms. The third-order valence-corrected chi connectivity index (χ3v) is 2.47. The van der Waals surface area contributed by atoms with E-state index in [0.29, 0.717) is 6.54 Å². The monoisotopic (exact) mass is 191 g/mol. The molecule has 1 saturated heterocycles. The Labute approximate surface area is 82.7 Å². The van der Waals surface area contributed by atoms with Crippen LogP contribution in [0.1, 0.15) is 11.6 Å². The molecule has 4 nitrogen and oxygen atoms in total. The Balaban J connectivity index is 2.25. The van der Waals surface area contributed by atoms with E-state index in [4.69, 9.17) is 5.73 Å². The fourth-order valence-corrected chi connectivity index (χ4v) is 1.67. The van der Waals surface area contributed by atoms with Crippen LogP contribution in [0.5, 0.6) is 0 Å². The second kappa shape index (κ2) is 3.21. The molecule has 1 fully saturated rings. The number of amides is 2. The summed E-state index contributed by atoms with van der Waals surface area (Å²) in [7, 11) is 1.77. The molecule has 0 bridgehead atoms. The smallest absolute Gasteiger partial charge is 0.317 e. The highest BCUT2D eigenvalue weighted by Gasteiger charge is 2.27. The lowest BCUT2D eigenvalue weighted by atomic mass is 10.1. The molecule has 1 aromatic rings. The average molecular weight is 191 g/mol. The summed E-state index contributed by atoms with van der Waals surface area (Å²) in [6, 6.07) is 7.58. The van der Waals surface area contributed by atoms with Crippen molar-refractivity contribution >= 4 is 11.7 Å². The van der Waals surface area contributed by atoms with Gasteiger partial charge in [-0.05, 0) is 11.6 Å². The van der Waals surface area contributed by atoms with Gasteiger partial charge < -0.3 is 16.0 Å². The van der Waals surface area contributed by atoms with Gasteiger partial charge in [-0.1, -0.05) is 18.2 Å². The zero-order valence-electron chi connectivity index (χ0n) is 8.03. The fourth-order valence-electron chi connectivity index (χ4n) is 1.67. The maximum Gasteiger partial charge on any atom is 0.317 e. The number of nitrogens with two attached hydrogens (primary N) is 1. The van der Waals surface area contributed by atoms with E-state index < -0.39 is 0 Å². The van der Waals surface area contributed by atoms with Crippen LogP contribution in [0, 0.1) is 0 Å². The summed E-state index contributed by atoms with van der Waals surface area (Å²) in [5.41, 5.74) is 7.54. The fraction of sp³-hybridized carbons (Fsp3) is 0.300. The van der Waals surface area contributed by atoms with Crippen molar-refractivity contribution < 1.29 is 4.79 Å². The summed E-state index contributed by atoms with van der Waals surface area (Å²) < 4.78 is 0. The van der Waals surface area contributed by atoms with Crippen LogP contribution in [-0.4, -0.2) is 24.5 Å². The Kier molecular flexibility index (Phi) is 2.04. The lowest BCUT2D eigenvalue weighted by molar-refractivity contribution is 0.226. The third kappa shape index (κ3) is 1.39. The number of carbonyl (C=O) groups is 1. The van der Waals surface area contributed by atoms with Crippen molar-refractivity contribution in [2.75, 3.05) is 19.3 Å². The SMILES string of the molecule is CN1CC(c2ccccc2N)NC1=O. The summed E-state index contributed by atoms with van der Waals surface area (Å²) >= 11 is 0. The Bertz CT molecular complexity index is 364. The zero-order chi connectivity index (χ0) is 10.1. The minimum absolute atomic E-state index is 0.0219. The van der Waals surface area contributed by atoms with Crippen LogP contribution in [0.3, 0.4) is 0 Å². The lowest BCUT2D eigenvalue weighted by Crippen LogP contribution is -2.24. The van der Waals surface area contributed by atoms with E-state index in [-0.39, 0.29) is 12.1 Å². The van der Waals surface area contributed by atoms with E-state index in [1.807, 2.05) is 24.3 Å². The summed E-state index contributed by atoms with van der Waals surface area (Å²) in [6.07, 6.45) is 0. The van der Waals surface area contributed by atoms with Crippen LogP contribution in [0.4, 0.5) is 10.5 Å². The second-order valence-corrected chi connectivity index (χ2v) is 3.51. The van der Waals surface area contributed by atoms with Crippen molar-refractivity contribution in [1.29, 1.82) is 0 Å². The first-order valence-corrected chi connectivity index (χ1v) is 4.54. The second-order valence-electron chi connectivity index (χ2n) is 3.51. The molecule has 1 atom stereocenters. The molecule has 3 N–H and O–H groups in total. The number of urea groups is 1. The zero-order valence-corrected chi connectivity index (χ0v) is 8.03. The largest absolute Gasteiger partial charge is 0.398 e. The molecule has 1 aliphatic rings. The van der Waals surface area contributed by atoms with Gasteiger partial charge in [0.1, 0.15) is 0 Å². The molecule has 1 unspecified atom stereocenters. The standard InChI is InChI=1S/C10H13N3O/c1-13-6-9(12-10(13)14)7-4-2-3-5-8(7)11/h2-5,9H,6,11H2,1H3,(H,12,14). The number of nitrogens with zero attached hydrogens (tertiary/aromatic N) is 1. The first kappa shape index (κ1) is 8.87. The molecule has 0 aromatic heterocycles. The number of hydrogen-bond donors (Lipinski definition) is 2. The average Bonchev–Trinajstić information content (AvgIpc) is 2.48. The van der Waals surface area contributed by atoms with E-state index in [0.717, 1.165) is 11.3 Å². The normalized spacial score (nSPS) is 21.1. The van der Waals surface area contributed by atoms with Crippen molar-refractivity contribution in [1.82, 2.24) is 10.2 Å². The van der Waals surface area contributed by atoms with E-state index in [1.165, 1.54) is 0 Å². The van der Waals surface area contributed by atoms with Gasteiger partial charge in [-0.3, -0.25) is 0 Å². The molecule has 0 radical (unpaired) electrons. The Morgan fingerprint density at radius 3 is 2.79 bits per heavy atom. The maximum atomic E-state index is 11.2. The predicted molar refractivity (Wildman–Crippen MR) is 54.8 cm³/mol. The van der Waals surface area contributed by atoms with Gasteiger partial charge in [-0.15, -0.1) is 0 Å². The van der Waals surface area contributed by atoms with E-state index in [1.54, 1.807) is 11.9 Å². The van der Waals surface area contributed by atoms with Gasteiger partial charge in [-0.25, -0.2) is 4.79 Å². The maximum absolute atomic E-state index is 11.2. The topological polar surface area (TPSA) is 58.4 Å². The van der Waals surface area contributed by atoms with E-state index in [9.17, 15) is 4.79 Å². The number of likely N-dealkylation sites (N-methyl/N-ethyl adjacent to an activating group) is 1. The van der Waals surface area contributed by atoms with Crippen molar-refractivity contribution in [3.05, 3.63) is 29.8 Å². The quantitative estimate of drug-likeness (QED) is 0.650. The van der Waals surface area contributed by atoms with Gasteiger partial charge in [0, 0.05) is 19.3 Å². The molecular formula is C10H13N3O. The van der Waals surface area contributed by atoms with Gasteiger partial charge in [-0.2, -0.15) is 0 Å².